The molecule has 2 amide bonds. The average Bonchev–Trinajstić information content (AvgIpc) is 3.40. The number of carbonyl (C=O) groups excluding carboxylic acids is 2. The number of rotatable bonds is 4. The van der Waals surface area contributed by atoms with Crippen LogP contribution in [-0.2, 0) is 4.74 Å². The summed E-state index contributed by atoms with van der Waals surface area (Å²) >= 11 is 1.38. The highest BCUT2D eigenvalue weighted by Crippen LogP contribution is 2.29. The Bertz CT molecular complexity index is 956. The topological polar surface area (TPSA) is 101 Å². The molecule has 160 valence electrons. The van der Waals surface area contributed by atoms with Crippen LogP contribution in [0.2, 0.25) is 0 Å². The Morgan fingerprint density at radius 1 is 1.10 bits per heavy atom. The van der Waals surface area contributed by atoms with E-state index in [9.17, 15) is 9.59 Å². The molecule has 0 spiro atoms. The molecule has 9 nitrogen and oxygen atoms in total. The molecule has 2 aromatic rings. The SMILES string of the molecule is CNc1nc(C)c(C(=O)N2CC[C@@H](c3ncc(C(=O)N4CCOCC4)c(C)n3)C2)s1. The van der Waals surface area contributed by atoms with Gasteiger partial charge in [0.2, 0.25) is 0 Å². The van der Waals surface area contributed by atoms with Gasteiger partial charge in [0.15, 0.2) is 5.13 Å². The first-order valence-corrected chi connectivity index (χ1v) is 10.9. The van der Waals surface area contributed by atoms with Gasteiger partial charge in [-0.15, -0.1) is 0 Å². The molecule has 0 aromatic carbocycles. The zero-order chi connectivity index (χ0) is 21.3. The van der Waals surface area contributed by atoms with E-state index in [1.165, 1.54) is 11.3 Å². The van der Waals surface area contributed by atoms with E-state index in [-0.39, 0.29) is 17.7 Å². The molecule has 1 N–H and O–H groups in total. The van der Waals surface area contributed by atoms with E-state index in [0.717, 1.165) is 17.2 Å². The molecule has 2 aliphatic rings. The Balaban J connectivity index is 1.45. The summed E-state index contributed by atoms with van der Waals surface area (Å²) in [5, 5.41) is 3.73. The van der Waals surface area contributed by atoms with Crippen molar-refractivity contribution in [3.05, 3.63) is 33.8 Å². The van der Waals surface area contributed by atoms with Crippen LogP contribution in [0, 0.1) is 13.8 Å². The number of aryl methyl sites for hydroxylation is 2. The van der Waals surface area contributed by atoms with Crippen molar-refractivity contribution in [2.75, 3.05) is 51.8 Å². The second-order valence-electron chi connectivity index (χ2n) is 7.55. The average molecular weight is 431 g/mol. The van der Waals surface area contributed by atoms with E-state index < -0.39 is 0 Å². The van der Waals surface area contributed by atoms with E-state index in [2.05, 4.69) is 20.3 Å². The highest BCUT2D eigenvalue weighted by atomic mass is 32.1. The zero-order valence-corrected chi connectivity index (χ0v) is 18.3. The number of nitrogens with zero attached hydrogens (tertiary/aromatic N) is 5. The first-order valence-electron chi connectivity index (χ1n) is 10.1. The summed E-state index contributed by atoms with van der Waals surface area (Å²) in [6, 6.07) is 0. The second-order valence-corrected chi connectivity index (χ2v) is 8.55. The number of thiazole rings is 1. The molecule has 0 unspecified atom stereocenters. The van der Waals surface area contributed by atoms with Gasteiger partial charge >= 0.3 is 0 Å². The molecule has 0 aliphatic carbocycles. The van der Waals surface area contributed by atoms with Crippen LogP contribution in [0.4, 0.5) is 5.13 Å². The minimum absolute atomic E-state index is 0.00448. The summed E-state index contributed by atoms with van der Waals surface area (Å²) in [6.45, 7) is 7.23. The molecule has 4 rings (SSSR count). The van der Waals surface area contributed by atoms with E-state index in [1.807, 2.05) is 18.7 Å². The van der Waals surface area contributed by atoms with E-state index >= 15 is 0 Å². The number of likely N-dealkylation sites (tertiary alicyclic amines) is 1. The van der Waals surface area contributed by atoms with Crippen LogP contribution in [0.3, 0.4) is 0 Å². The first-order chi connectivity index (χ1) is 14.5. The lowest BCUT2D eigenvalue weighted by atomic mass is 10.1. The molecule has 10 heteroatoms. The summed E-state index contributed by atoms with van der Waals surface area (Å²) < 4.78 is 5.31. The maximum absolute atomic E-state index is 12.9. The van der Waals surface area contributed by atoms with E-state index in [0.29, 0.717) is 61.4 Å². The first kappa shape index (κ1) is 20.7. The number of hydrogen-bond acceptors (Lipinski definition) is 8. The van der Waals surface area contributed by atoms with Crippen molar-refractivity contribution in [3.8, 4) is 0 Å². The van der Waals surface area contributed by atoms with Crippen molar-refractivity contribution in [1.29, 1.82) is 0 Å². The molecule has 0 bridgehead atoms. The minimum atomic E-state index is -0.0495. The van der Waals surface area contributed by atoms with Crippen molar-refractivity contribution >= 4 is 28.3 Å². The molecular weight excluding hydrogens is 404 g/mol. The Morgan fingerprint density at radius 3 is 2.53 bits per heavy atom. The molecule has 0 saturated carbocycles. The van der Waals surface area contributed by atoms with Crippen molar-refractivity contribution in [3.63, 3.8) is 0 Å². The largest absolute Gasteiger partial charge is 0.378 e. The van der Waals surface area contributed by atoms with Crippen molar-refractivity contribution in [2.45, 2.75) is 26.2 Å². The third-order valence-electron chi connectivity index (χ3n) is 5.57. The van der Waals surface area contributed by atoms with E-state index in [1.54, 1.807) is 18.1 Å². The lowest BCUT2D eigenvalue weighted by Gasteiger charge is -2.27. The van der Waals surface area contributed by atoms with Crippen LogP contribution in [0.5, 0.6) is 0 Å². The quantitative estimate of drug-likeness (QED) is 0.788. The normalized spacial score (nSPS) is 19.2. The van der Waals surface area contributed by atoms with Gasteiger partial charge in [0.25, 0.3) is 11.8 Å². The summed E-state index contributed by atoms with van der Waals surface area (Å²) in [5.41, 5.74) is 1.96. The van der Waals surface area contributed by atoms with Gasteiger partial charge in [-0.2, -0.15) is 0 Å². The third kappa shape index (κ3) is 4.01. The monoisotopic (exact) mass is 430 g/mol. The zero-order valence-electron chi connectivity index (χ0n) is 17.5. The lowest BCUT2D eigenvalue weighted by Crippen LogP contribution is -2.41. The fourth-order valence-corrected chi connectivity index (χ4v) is 4.72. The predicted octanol–water partition coefficient (Wildman–Crippen LogP) is 1.69. The number of aromatic nitrogens is 3. The van der Waals surface area contributed by atoms with Gasteiger partial charge in [-0.1, -0.05) is 11.3 Å². The van der Waals surface area contributed by atoms with Gasteiger partial charge in [0.1, 0.15) is 10.7 Å². The van der Waals surface area contributed by atoms with Crippen LogP contribution in [0.25, 0.3) is 0 Å². The van der Waals surface area contributed by atoms with Gasteiger partial charge < -0.3 is 19.9 Å². The molecule has 2 saturated heterocycles. The standard InChI is InChI=1S/C20H26N6O3S/c1-12-15(18(27)25-6-8-29-9-7-25)10-22-17(23-12)14-4-5-26(11-14)19(28)16-13(2)24-20(21-3)30-16/h10,14H,4-9,11H2,1-3H3,(H,21,24)/t14-/m1/s1. The predicted molar refractivity (Wildman–Crippen MR) is 113 cm³/mol. The maximum Gasteiger partial charge on any atom is 0.265 e. The fraction of sp³-hybridized carbons (Fsp3) is 0.550. The second kappa shape index (κ2) is 8.65. The van der Waals surface area contributed by atoms with Crippen LogP contribution in [0.15, 0.2) is 6.20 Å². The fourth-order valence-electron chi connectivity index (χ4n) is 3.83. The van der Waals surface area contributed by atoms with Crippen molar-refractivity contribution in [1.82, 2.24) is 24.8 Å². The third-order valence-corrected chi connectivity index (χ3v) is 6.73. The number of carbonyl (C=O) groups is 2. The Hall–Kier alpha value is -2.59. The van der Waals surface area contributed by atoms with Crippen LogP contribution >= 0.6 is 11.3 Å². The number of morpholine rings is 1. The van der Waals surface area contributed by atoms with Crippen LogP contribution in [0.1, 0.15) is 49.6 Å². The van der Waals surface area contributed by atoms with Crippen LogP contribution in [-0.4, -0.2) is 83.0 Å². The van der Waals surface area contributed by atoms with Gasteiger partial charge in [0, 0.05) is 45.3 Å². The molecule has 0 radical (unpaired) electrons. The molecule has 2 aromatic heterocycles. The smallest absolute Gasteiger partial charge is 0.265 e. The summed E-state index contributed by atoms with van der Waals surface area (Å²) in [5.74, 6) is 0.715. The van der Waals surface area contributed by atoms with Gasteiger partial charge in [-0.3, -0.25) is 9.59 Å². The maximum atomic E-state index is 12.9. The van der Waals surface area contributed by atoms with Gasteiger partial charge in [-0.05, 0) is 20.3 Å². The van der Waals surface area contributed by atoms with Crippen molar-refractivity contribution < 1.29 is 14.3 Å². The number of hydrogen-bond donors (Lipinski definition) is 1. The highest BCUT2D eigenvalue weighted by molar-refractivity contribution is 7.17. The number of amides is 2. The lowest BCUT2D eigenvalue weighted by molar-refractivity contribution is 0.0301. The Morgan fingerprint density at radius 2 is 1.87 bits per heavy atom. The Kier molecular flexibility index (Phi) is 5.96. The number of nitrogens with one attached hydrogen (secondary N) is 1. The highest BCUT2D eigenvalue weighted by Gasteiger charge is 2.32. The summed E-state index contributed by atoms with van der Waals surface area (Å²) in [6.07, 6.45) is 2.44. The van der Waals surface area contributed by atoms with E-state index in [4.69, 9.17) is 4.74 Å². The number of anilines is 1. The molecule has 2 fully saturated rings. The number of ether oxygens (including phenoxy) is 1. The molecule has 2 aliphatic heterocycles. The van der Waals surface area contributed by atoms with Crippen molar-refractivity contribution in [2.24, 2.45) is 0 Å². The molecule has 4 heterocycles. The van der Waals surface area contributed by atoms with Gasteiger partial charge in [-0.25, -0.2) is 15.0 Å². The minimum Gasteiger partial charge on any atom is -0.378 e. The Labute approximate surface area is 179 Å². The van der Waals surface area contributed by atoms with Crippen LogP contribution < -0.4 is 5.32 Å². The summed E-state index contributed by atoms with van der Waals surface area (Å²) in [4.78, 5) is 43.4. The molecule has 30 heavy (non-hydrogen) atoms. The molecule has 1 atom stereocenters. The van der Waals surface area contributed by atoms with Gasteiger partial charge in [0.05, 0.1) is 30.2 Å². The molecular formula is C20H26N6O3S. The summed E-state index contributed by atoms with van der Waals surface area (Å²) in [7, 11) is 1.80.